The van der Waals surface area contributed by atoms with Crippen LogP contribution in [0.4, 0.5) is 17.1 Å². The molecular formula is C21H21N3O. The first kappa shape index (κ1) is 16.7. The van der Waals surface area contributed by atoms with E-state index in [0.29, 0.717) is 5.69 Å². The van der Waals surface area contributed by atoms with Crippen molar-refractivity contribution in [3.05, 3.63) is 83.7 Å². The molecule has 0 saturated carbocycles. The summed E-state index contributed by atoms with van der Waals surface area (Å²) in [5.41, 5.74) is 5.54. The molecule has 1 N–H and O–H groups in total. The Morgan fingerprint density at radius 2 is 1.64 bits per heavy atom. The van der Waals surface area contributed by atoms with Gasteiger partial charge < -0.3 is 10.2 Å². The lowest BCUT2D eigenvalue weighted by Gasteiger charge is -2.17. The highest BCUT2D eigenvalue weighted by Crippen LogP contribution is 2.21. The largest absolute Gasteiger partial charge is 0.355 e. The second-order valence-electron chi connectivity index (χ2n) is 6.05. The summed E-state index contributed by atoms with van der Waals surface area (Å²) in [6, 6.07) is 19.4. The number of pyridine rings is 1. The van der Waals surface area contributed by atoms with Crippen LogP contribution in [0.15, 0.2) is 66.9 Å². The highest BCUT2D eigenvalue weighted by atomic mass is 16.2. The van der Waals surface area contributed by atoms with Crippen molar-refractivity contribution in [1.29, 1.82) is 0 Å². The topological polar surface area (TPSA) is 45.2 Å². The van der Waals surface area contributed by atoms with E-state index in [0.717, 1.165) is 17.1 Å². The summed E-state index contributed by atoms with van der Waals surface area (Å²) < 4.78 is 0. The number of para-hydroxylation sites is 1. The molecule has 0 spiro atoms. The molecule has 0 unspecified atom stereocenters. The van der Waals surface area contributed by atoms with Gasteiger partial charge in [0, 0.05) is 30.3 Å². The molecule has 1 heterocycles. The van der Waals surface area contributed by atoms with Crippen LogP contribution in [0.2, 0.25) is 0 Å². The summed E-state index contributed by atoms with van der Waals surface area (Å²) in [5, 5.41) is 3.34. The Kier molecular flexibility index (Phi) is 4.80. The molecule has 0 aliphatic heterocycles. The van der Waals surface area contributed by atoms with E-state index in [9.17, 15) is 4.79 Å². The molecule has 1 aromatic heterocycles. The van der Waals surface area contributed by atoms with E-state index in [1.165, 1.54) is 11.1 Å². The van der Waals surface area contributed by atoms with E-state index in [1.807, 2.05) is 42.5 Å². The van der Waals surface area contributed by atoms with Gasteiger partial charge in [-0.2, -0.15) is 0 Å². The van der Waals surface area contributed by atoms with E-state index in [-0.39, 0.29) is 5.91 Å². The zero-order valence-electron chi connectivity index (χ0n) is 14.7. The SMILES string of the molecule is Cc1ccc(Nc2ccnc(C(=O)N(C)c3ccccc3)c2)cc1C. The Balaban J connectivity index is 1.81. The average Bonchev–Trinajstić information content (AvgIpc) is 2.64. The second-order valence-corrected chi connectivity index (χ2v) is 6.05. The minimum absolute atomic E-state index is 0.144. The lowest BCUT2D eigenvalue weighted by atomic mass is 10.1. The molecule has 0 aliphatic carbocycles. The Labute approximate surface area is 148 Å². The maximum atomic E-state index is 12.7. The van der Waals surface area contributed by atoms with Crippen LogP contribution in [-0.4, -0.2) is 17.9 Å². The molecule has 25 heavy (non-hydrogen) atoms. The molecule has 126 valence electrons. The van der Waals surface area contributed by atoms with Crippen LogP contribution in [0.5, 0.6) is 0 Å². The fourth-order valence-corrected chi connectivity index (χ4v) is 2.55. The van der Waals surface area contributed by atoms with Crippen LogP contribution in [0.25, 0.3) is 0 Å². The summed E-state index contributed by atoms with van der Waals surface area (Å²) in [7, 11) is 1.75. The Bertz CT molecular complexity index is 891. The third-order valence-electron chi connectivity index (χ3n) is 4.22. The minimum Gasteiger partial charge on any atom is -0.355 e. The molecule has 0 fully saturated rings. The molecule has 0 radical (unpaired) electrons. The fourth-order valence-electron chi connectivity index (χ4n) is 2.55. The van der Waals surface area contributed by atoms with Gasteiger partial charge in [-0.15, -0.1) is 0 Å². The third-order valence-corrected chi connectivity index (χ3v) is 4.22. The van der Waals surface area contributed by atoms with E-state index in [1.54, 1.807) is 24.2 Å². The van der Waals surface area contributed by atoms with Gasteiger partial charge in [0.15, 0.2) is 0 Å². The normalized spacial score (nSPS) is 10.4. The summed E-state index contributed by atoms with van der Waals surface area (Å²) in [6.45, 7) is 4.17. The van der Waals surface area contributed by atoms with Gasteiger partial charge in [-0.1, -0.05) is 24.3 Å². The van der Waals surface area contributed by atoms with E-state index >= 15 is 0 Å². The van der Waals surface area contributed by atoms with E-state index in [4.69, 9.17) is 0 Å². The molecule has 0 bridgehead atoms. The molecule has 0 atom stereocenters. The van der Waals surface area contributed by atoms with Crippen molar-refractivity contribution >= 4 is 23.0 Å². The van der Waals surface area contributed by atoms with Crippen molar-refractivity contribution in [3.8, 4) is 0 Å². The molecule has 4 nitrogen and oxygen atoms in total. The molecule has 3 aromatic rings. The zero-order chi connectivity index (χ0) is 17.8. The predicted octanol–water partition coefficient (Wildman–Crippen LogP) is 4.72. The van der Waals surface area contributed by atoms with Gasteiger partial charge in [-0.05, 0) is 61.4 Å². The summed E-state index contributed by atoms with van der Waals surface area (Å²) in [4.78, 5) is 18.5. The predicted molar refractivity (Wildman–Crippen MR) is 103 cm³/mol. The maximum absolute atomic E-state index is 12.7. The second kappa shape index (κ2) is 7.18. The van der Waals surface area contributed by atoms with Crippen molar-refractivity contribution in [2.45, 2.75) is 13.8 Å². The quantitative estimate of drug-likeness (QED) is 0.752. The lowest BCUT2D eigenvalue weighted by Crippen LogP contribution is -2.27. The zero-order valence-corrected chi connectivity index (χ0v) is 14.7. The van der Waals surface area contributed by atoms with Gasteiger partial charge in [-0.25, -0.2) is 0 Å². The van der Waals surface area contributed by atoms with Crippen LogP contribution < -0.4 is 10.2 Å². The number of hydrogen-bond acceptors (Lipinski definition) is 3. The molecule has 0 aliphatic rings. The standard InChI is InChI=1S/C21H21N3O/c1-15-9-10-17(13-16(15)2)23-18-11-12-22-20(14-18)21(25)24(3)19-7-5-4-6-8-19/h4-14H,1-3H3,(H,22,23). The number of aryl methyl sites for hydroxylation is 2. The summed E-state index contributed by atoms with van der Waals surface area (Å²) in [6.07, 6.45) is 1.65. The molecule has 4 heteroatoms. The highest BCUT2D eigenvalue weighted by Gasteiger charge is 2.15. The third kappa shape index (κ3) is 3.86. The number of nitrogens with zero attached hydrogens (tertiary/aromatic N) is 2. The van der Waals surface area contributed by atoms with Crippen LogP contribution in [-0.2, 0) is 0 Å². The number of carbonyl (C=O) groups excluding carboxylic acids is 1. The number of nitrogens with one attached hydrogen (secondary N) is 1. The number of aromatic nitrogens is 1. The van der Waals surface area contributed by atoms with Gasteiger partial charge in [0.25, 0.3) is 5.91 Å². The summed E-state index contributed by atoms with van der Waals surface area (Å²) in [5.74, 6) is -0.144. The van der Waals surface area contributed by atoms with Crippen LogP contribution >= 0.6 is 0 Å². The van der Waals surface area contributed by atoms with Crippen molar-refractivity contribution in [1.82, 2.24) is 4.98 Å². The molecule has 3 rings (SSSR count). The Morgan fingerprint density at radius 3 is 2.36 bits per heavy atom. The van der Waals surface area contributed by atoms with Gasteiger partial charge >= 0.3 is 0 Å². The lowest BCUT2D eigenvalue weighted by molar-refractivity contribution is 0.0988. The van der Waals surface area contributed by atoms with Gasteiger partial charge in [0.1, 0.15) is 5.69 Å². The Morgan fingerprint density at radius 1 is 0.920 bits per heavy atom. The molecule has 1 amide bonds. The van der Waals surface area contributed by atoms with E-state index in [2.05, 4.69) is 36.3 Å². The van der Waals surface area contributed by atoms with Crippen molar-refractivity contribution in [3.63, 3.8) is 0 Å². The first-order valence-electron chi connectivity index (χ1n) is 8.18. The minimum atomic E-state index is -0.144. The average molecular weight is 331 g/mol. The van der Waals surface area contributed by atoms with Gasteiger partial charge in [-0.3, -0.25) is 9.78 Å². The van der Waals surface area contributed by atoms with Crippen LogP contribution in [0.3, 0.4) is 0 Å². The monoisotopic (exact) mass is 331 g/mol. The van der Waals surface area contributed by atoms with Gasteiger partial charge in [0.2, 0.25) is 0 Å². The fraction of sp³-hybridized carbons (Fsp3) is 0.143. The number of benzene rings is 2. The van der Waals surface area contributed by atoms with Gasteiger partial charge in [0.05, 0.1) is 0 Å². The molecular weight excluding hydrogens is 310 g/mol. The van der Waals surface area contributed by atoms with Crippen molar-refractivity contribution in [2.75, 3.05) is 17.3 Å². The molecule has 2 aromatic carbocycles. The first-order valence-corrected chi connectivity index (χ1v) is 8.18. The Hall–Kier alpha value is -3.14. The number of anilines is 3. The number of rotatable bonds is 4. The van der Waals surface area contributed by atoms with Crippen LogP contribution in [0, 0.1) is 13.8 Å². The summed E-state index contributed by atoms with van der Waals surface area (Å²) >= 11 is 0. The number of amides is 1. The number of carbonyl (C=O) groups is 1. The van der Waals surface area contributed by atoms with Crippen molar-refractivity contribution < 1.29 is 4.79 Å². The first-order chi connectivity index (χ1) is 12.0. The smallest absolute Gasteiger partial charge is 0.276 e. The van der Waals surface area contributed by atoms with Crippen LogP contribution in [0.1, 0.15) is 21.6 Å². The van der Waals surface area contributed by atoms with E-state index < -0.39 is 0 Å². The maximum Gasteiger partial charge on any atom is 0.276 e. The molecule has 0 saturated heterocycles. The highest BCUT2D eigenvalue weighted by molar-refractivity contribution is 6.04. The van der Waals surface area contributed by atoms with Crippen molar-refractivity contribution in [2.24, 2.45) is 0 Å². The number of hydrogen-bond donors (Lipinski definition) is 1.